The second-order valence-corrected chi connectivity index (χ2v) is 14.1. The Morgan fingerprint density at radius 3 is 1.55 bits per heavy atom. The van der Waals surface area contributed by atoms with Gasteiger partial charge < -0.3 is 14.2 Å². The Balaban J connectivity index is 1.21. The van der Waals surface area contributed by atoms with Crippen LogP contribution in [-0.2, 0) is 18.3 Å². The molecule has 2 aliphatic rings. The fraction of sp³-hybridized carbons (Fsp3) is 0.125. The molecule has 0 fully saturated rings. The van der Waals surface area contributed by atoms with Crippen molar-refractivity contribution in [3.63, 3.8) is 0 Å². The van der Waals surface area contributed by atoms with Crippen LogP contribution in [0.1, 0.15) is 40.7 Å². The first-order chi connectivity index (χ1) is 25.2. The van der Waals surface area contributed by atoms with Crippen LogP contribution in [0.15, 0.2) is 168 Å². The van der Waals surface area contributed by atoms with Crippen molar-refractivity contribution >= 4 is 56.1 Å². The molecule has 0 radical (unpaired) electrons. The molecule has 0 saturated carbocycles. The molecule has 0 bridgehead atoms. The molecule has 7 aromatic carbocycles. The summed E-state index contributed by atoms with van der Waals surface area (Å²) in [5.74, 6) is 0. The normalized spacial score (nSPS) is 16.1. The summed E-state index contributed by atoms with van der Waals surface area (Å²) in [6, 6.07) is 59.5. The summed E-state index contributed by atoms with van der Waals surface area (Å²) in [4.78, 5) is 4.97. The largest absolute Gasteiger partial charge is 0.456 e. The van der Waals surface area contributed by atoms with E-state index in [0.717, 1.165) is 59.0 Å². The van der Waals surface area contributed by atoms with Crippen LogP contribution in [0.25, 0.3) is 21.9 Å². The Bertz CT molecular complexity index is 2510. The molecule has 0 unspecified atom stereocenters. The Kier molecular flexibility index (Phi) is 6.89. The number of benzene rings is 7. The van der Waals surface area contributed by atoms with Gasteiger partial charge in [-0.05, 0) is 121 Å². The average Bonchev–Trinajstić information content (AvgIpc) is 3.87. The molecule has 1 spiro atoms. The van der Waals surface area contributed by atoms with Crippen molar-refractivity contribution in [3.8, 4) is 0 Å². The summed E-state index contributed by atoms with van der Waals surface area (Å²) in [5, 5.41) is 2.32. The van der Waals surface area contributed by atoms with Gasteiger partial charge in [0.1, 0.15) is 11.2 Å². The first kappa shape index (κ1) is 29.8. The van der Waals surface area contributed by atoms with Crippen LogP contribution >= 0.6 is 0 Å². The molecule has 0 aliphatic heterocycles. The van der Waals surface area contributed by atoms with E-state index < -0.39 is 0 Å². The molecule has 3 nitrogen and oxygen atoms in total. The Morgan fingerprint density at radius 2 is 0.961 bits per heavy atom. The van der Waals surface area contributed by atoms with Gasteiger partial charge in [0.2, 0.25) is 0 Å². The van der Waals surface area contributed by atoms with E-state index in [9.17, 15) is 0 Å². The molecule has 1 aromatic heterocycles. The number of aryl methyl sites for hydroxylation is 3. The predicted molar refractivity (Wildman–Crippen MR) is 212 cm³/mol. The SMILES string of the molecule is Cc1cc2c(cc1N(c1ccccc1)c1cccc3c1[C@]1(CCc4cccc(N(c5ccccc5)c5ccccc5)c41)CC3)oc1ccccc12. The molecule has 51 heavy (non-hydrogen) atoms. The fourth-order valence-electron chi connectivity index (χ4n) is 9.19. The molecule has 2 aliphatic carbocycles. The molecular weight excluding hydrogens is 621 g/mol. The van der Waals surface area contributed by atoms with Crippen molar-refractivity contribution < 1.29 is 4.42 Å². The van der Waals surface area contributed by atoms with Gasteiger partial charge in [-0.15, -0.1) is 0 Å². The van der Waals surface area contributed by atoms with Gasteiger partial charge in [0, 0.05) is 39.3 Å². The van der Waals surface area contributed by atoms with Crippen LogP contribution < -0.4 is 9.80 Å². The molecule has 0 N–H and O–H groups in total. The molecule has 10 rings (SSSR count). The van der Waals surface area contributed by atoms with E-state index in [0.29, 0.717) is 0 Å². The lowest BCUT2D eigenvalue weighted by molar-refractivity contribution is 0.508. The predicted octanol–water partition coefficient (Wildman–Crippen LogP) is 13.0. The highest BCUT2D eigenvalue weighted by Crippen LogP contribution is 2.60. The number of fused-ring (bicyclic) bond motifs is 7. The molecule has 0 saturated heterocycles. The minimum atomic E-state index is -0.135. The summed E-state index contributed by atoms with van der Waals surface area (Å²) in [5.41, 5.74) is 15.9. The van der Waals surface area contributed by atoms with E-state index in [1.165, 1.54) is 50.6 Å². The molecule has 3 heteroatoms. The summed E-state index contributed by atoms with van der Waals surface area (Å²) in [6.07, 6.45) is 4.29. The molecular formula is C48H38N2O. The molecule has 1 atom stereocenters. The third-order valence-electron chi connectivity index (χ3n) is 11.3. The molecule has 0 amide bonds. The quantitative estimate of drug-likeness (QED) is 0.177. The first-order valence-electron chi connectivity index (χ1n) is 18.1. The van der Waals surface area contributed by atoms with E-state index in [2.05, 4.69) is 174 Å². The van der Waals surface area contributed by atoms with E-state index >= 15 is 0 Å². The van der Waals surface area contributed by atoms with E-state index in [1.54, 1.807) is 0 Å². The van der Waals surface area contributed by atoms with Crippen molar-refractivity contribution in [1.82, 2.24) is 0 Å². The van der Waals surface area contributed by atoms with Crippen LogP contribution in [0.5, 0.6) is 0 Å². The standard InChI is InChI=1S/C48H38N2O/c1-33-31-40-39-23-11-12-26-44(39)51-45(40)32-43(33)50(38-21-9-4-10-22-38)42-25-14-16-35-28-30-48(47(35)42)29-27-34-15-13-24-41(46(34)48)49(36-17-5-2-6-18-36)37-19-7-3-8-20-37/h2-26,31-32H,27-30H2,1H3/t48-/m1/s1. The topological polar surface area (TPSA) is 19.6 Å². The Labute approximate surface area is 299 Å². The second-order valence-electron chi connectivity index (χ2n) is 14.1. The van der Waals surface area contributed by atoms with Crippen molar-refractivity contribution in [1.29, 1.82) is 0 Å². The lowest BCUT2D eigenvalue weighted by Crippen LogP contribution is -2.27. The summed E-state index contributed by atoms with van der Waals surface area (Å²) < 4.78 is 6.50. The Hall–Kier alpha value is -6.06. The van der Waals surface area contributed by atoms with Gasteiger partial charge in [0.05, 0.1) is 17.1 Å². The monoisotopic (exact) mass is 658 g/mol. The van der Waals surface area contributed by atoms with Crippen LogP contribution in [0, 0.1) is 6.92 Å². The van der Waals surface area contributed by atoms with Crippen molar-refractivity contribution in [2.75, 3.05) is 9.80 Å². The molecule has 246 valence electrons. The van der Waals surface area contributed by atoms with Crippen LogP contribution in [0.4, 0.5) is 34.1 Å². The average molecular weight is 659 g/mol. The zero-order valence-electron chi connectivity index (χ0n) is 28.7. The minimum Gasteiger partial charge on any atom is -0.456 e. The zero-order chi connectivity index (χ0) is 33.9. The van der Waals surface area contributed by atoms with Gasteiger partial charge in [-0.2, -0.15) is 0 Å². The first-order valence-corrected chi connectivity index (χ1v) is 18.1. The Morgan fingerprint density at radius 1 is 0.451 bits per heavy atom. The molecule has 8 aromatic rings. The highest BCUT2D eigenvalue weighted by Gasteiger charge is 2.49. The number of para-hydroxylation sites is 4. The third kappa shape index (κ3) is 4.65. The maximum absolute atomic E-state index is 6.50. The van der Waals surface area contributed by atoms with Gasteiger partial charge in [0.25, 0.3) is 0 Å². The number of hydrogen-bond donors (Lipinski definition) is 0. The third-order valence-corrected chi connectivity index (χ3v) is 11.3. The zero-order valence-corrected chi connectivity index (χ0v) is 28.7. The maximum atomic E-state index is 6.50. The van der Waals surface area contributed by atoms with E-state index in [1.807, 2.05) is 6.07 Å². The summed E-state index contributed by atoms with van der Waals surface area (Å²) in [6.45, 7) is 2.24. The lowest BCUT2D eigenvalue weighted by Gasteiger charge is -2.37. The van der Waals surface area contributed by atoms with Gasteiger partial charge in [-0.3, -0.25) is 0 Å². The van der Waals surface area contributed by atoms with Gasteiger partial charge in [0.15, 0.2) is 0 Å². The smallest absolute Gasteiger partial charge is 0.137 e. The molecule has 1 heterocycles. The highest BCUT2D eigenvalue weighted by atomic mass is 16.3. The lowest BCUT2D eigenvalue weighted by atomic mass is 9.74. The van der Waals surface area contributed by atoms with Crippen molar-refractivity contribution in [3.05, 3.63) is 192 Å². The summed E-state index contributed by atoms with van der Waals surface area (Å²) in [7, 11) is 0. The van der Waals surface area contributed by atoms with Crippen molar-refractivity contribution in [2.45, 2.75) is 38.0 Å². The second kappa shape index (κ2) is 11.8. The van der Waals surface area contributed by atoms with Crippen molar-refractivity contribution in [2.24, 2.45) is 0 Å². The highest BCUT2D eigenvalue weighted by molar-refractivity contribution is 6.06. The van der Waals surface area contributed by atoms with E-state index in [4.69, 9.17) is 4.42 Å². The van der Waals surface area contributed by atoms with Crippen LogP contribution in [0.2, 0.25) is 0 Å². The van der Waals surface area contributed by atoms with Crippen LogP contribution in [0.3, 0.4) is 0 Å². The maximum Gasteiger partial charge on any atom is 0.137 e. The number of rotatable bonds is 6. The number of anilines is 6. The van der Waals surface area contributed by atoms with Crippen LogP contribution in [-0.4, -0.2) is 0 Å². The van der Waals surface area contributed by atoms with Gasteiger partial charge >= 0.3 is 0 Å². The summed E-state index contributed by atoms with van der Waals surface area (Å²) >= 11 is 0. The number of hydrogen-bond acceptors (Lipinski definition) is 3. The van der Waals surface area contributed by atoms with Gasteiger partial charge in [-0.25, -0.2) is 0 Å². The minimum absolute atomic E-state index is 0.135. The van der Waals surface area contributed by atoms with Gasteiger partial charge in [-0.1, -0.05) is 97.1 Å². The number of nitrogens with zero attached hydrogens (tertiary/aromatic N) is 2. The fourth-order valence-corrected chi connectivity index (χ4v) is 9.19. The van der Waals surface area contributed by atoms with E-state index in [-0.39, 0.29) is 5.41 Å². The number of furan rings is 1.